The monoisotopic (exact) mass is 438 g/mol. The van der Waals surface area contributed by atoms with Crippen LogP contribution in [0.5, 0.6) is 0 Å². The SMILES string of the molecule is Cc1c(S(=O)(=O)N2CCC[C@@H](c3nnc(-c4nccc5ccccc45)o3)C2)cnn1C. The second-order valence-electron chi connectivity index (χ2n) is 7.75. The summed E-state index contributed by atoms with van der Waals surface area (Å²) < 4.78 is 35.4. The van der Waals surface area contributed by atoms with Crippen molar-refractivity contribution in [1.82, 2.24) is 29.3 Å². The van der Waals surface area contributed by atoms with Crippen molar-refractivity contribution in [3.05, 3.63) is 54.3 Å². The van der Waals surface area contributed by atoms with Crippen LogP contribution in [0.25, 0.3) is 22.4 Å². The lowest BCUT2D eigenvalue weighted by atomic mass is 10.00. The summed E-state index contributed by atoms with van der Waals surface area (Å²) in [6.45, 7) is 2.50. The van der Waals surface area contributed by atoms with E-state index in [0.717, 1.165) is 17.2 Å². The van der Waals surface area contributed by atoms with Crippen LogP contribution in [0.1, 0.15) is 30.3 Å². The van der Waals surface area contributed by atoms with Crippen molar-refractivity contribution in [3.8, 4) is 11.6 Å². The molecule has 4 heterocycles. The van der Waals surface area contributed by atoms with Gasteiger partial charge in [0.15, 0.2) is 0 Å². The van der Waals surface area contributed by atoms with Crippen molar-refractivity contribution < 1.29 is 12.8 Å². The van der Waals surface area contributed by atoms with Gasteiger partial charge in [-0.15, -0.1) is 10.2 Å². The van der Waals surface area contributed by atoms with Gasteiger partial charge in [0.25, 0.3) is 5.89 Å². The molecule has 1 aliphatic heterocycles. The molecule has 4 aromatic rings. The van der Waals surface area contributed by atoms with E-state index in [-0.39, 0.29) is 10.8 Å². The molecule has 1 saturated heterocycles. The van der Waals surface area contributed by atoms with Gasteiger partial charge in [-0.05, 0) is 31.2 Å². The zero-order valence-electron chi connectivity index (χ0n) is 17.3. The Morgan fingerprint density at radius 2 is 2.00 bits per heavy atom. The van der Waals surface area contributed by atoms with Crippen LogP contribution in [-0.2, 0) is 17.1 Å². The molecular weight excluding hydrogens is 416 g/mol. The fourth-order valence-corrected chi connectivity index (χ4v) is 5.73. The molecule has 160 valence electrons. The maximum atomic E-state index is 13.2. The lowest BCUT2D eigenvalue weighted by Gasteiger charge is -2.30. The van der Waals surface area contributed by atoms with Crippen LogP contribution in [0.2, 0.25) is 0 Å². The van der Waals surface area contributed by atoms with E-state index in [2.05, 4.69) is 20.3 Å². The molecule has 31 heavy (non-hydrogen) atoms. The van der Waals surface area contributed by atoms with Crippen LogP contribution >= 0.6 is 0 Å². The fourth-order valence-electron chi connectivity index (χ4n) is 4.02. The van der Waals surface area contributed by atoms with Crippen molar-refractivity contribution in [2.24, 2.45) is 7.05 Å². The van der Waals surface area contributed by atoms with E-state index in [1.165, 1.54) is 10.5 Å². The van der Waals surface area contributed by atoms with Crippen LogP contribution in [-0.4, -0.2) is 50.8 Å². The Labute approximate surface area is 179 Å². The normalized spacial score (nSPS) is 17.9. The van der Waals surface area contributed by atoms with E-state index < -0.39 is 10.0 Å². The standard InChI is InChI=1S/C21H22N6O3S/c1-14-18(12-23-26(14)2)31(28,29)27-11-5-7-16(13-27)20-24-25-21(30-20)19-17-8-4-3-6-15(17)9-10-22-19/h3-4,6,8-10,12,16H,5,7,11,13H2,1-2H3/t16-/m1/s1. The highest BCUT2D eigenvalue weighted by molar-refractivity contribution is 7.89. The first-order valence-electron chi connectivity index (χ1n) is 10.1. The number of fused-ring (bicyclic) bond motifs is 1. The van der Waals surface area contributed by atoms with Gasteiger partial charge < -0.3 is 4.42 Å². The summed E-state index contributed by atoms with van der Waals surface area (Å²) in [4.78, 5) is 4.67. The molecule has 3 aromatic heterocycles. The van der Waals surface area contributed by atoms with Gasteiger partial charge in [0, 0.05) is 31.7 Å². The summed E-state index contributed by atoms with van der Waals surface area (Å²) >= 11 is 0. The third-order valence-electron chi connectivity index (χ3n) is 5.86. The fraction of sp³-hybridized carbons (Fsp3) is 0.333. The highest BCUT2D eigenvalue weighted by Gasteiger charge is 2.35. The van der Waals surface area contributed by atoms with Gasteiger partial charge in [-0.2, -0.15) is 9.40 Å². The largest absolute Gasteiger partial charge is 0.419 e. The van der Waals surface area contributed by atoms with Gasteiger partial charge in [0.1, 0.15) is 10.6 Å². The molecule has 0 aliphatic carbocycles. The van der Waals surface area contributed by atoms with E-state index >= 15 is 0 Å². The smallest absolute Gasteiger partial charge is 0.266 e. The molecule has 0 bridgehead atoms. The number of benzene rings is 1. The molecule has 9 nitrogen and oxygen atoms in total. The van der Waals surface area contributed by atoms with Crippen molar-refractivity contribution >= 4 is 20.8 Å². The summed E-state index contributed by atoms with van der Waals surface area (Å²) in [7, 11) is -1.91. The number of hydrogen-bond donors (Lipinski definition) is 0. The third-order valence-corrected chi connectivity index (χ3v) is 7.83. The number of rotatable bonds is 4. The van der Waals surface area contributed by atoms with Gasteiger partial charge >= 0.3 is 0 Å². The highest BCUT2D eigenvalue weighted by Crippen LogP contribution is 2.32. The van der Waals surface area contributed by atoms with Crippen LogP contribution < -0.4 is 0 Å². The molecule has 0 amide bonds. The van der Waals surface area contributed by atoms with Crippen LogP contribution in [0, 0.1) is 6.92 Å². The van der Waals surface area contributed by atoms with E-state index in [9.17, 15) is 8.42 Å². The quantitative estimate of drug-likeness (QED) is 0.482. The average molecular weight is 439 g/mol. The number of pyridine rings is 1. The predicted octanol–water partition coefficient (Wildman–Crippen LogP) is 2.90. The van der Waals surface area contributed by atoms with Crippen LogP contribution in [0.15, 0.2) is 52.0 Å². The average Bonchev–Trinajstić information content (AvgIpc) is 3.41. The molecule has 1 aromatic carbocycles. The Morgan fingerprint density at radius 1 is 1.16 bits per heavy atom. The van der Waals surface area contributed by atoms with Gasteiger partial charge in [-0.1, -0.05) is 24.3 Å². The summed E-state index contributed by atoms with van der Waals surface area (Å²) in [6.07, 6.45) is 4.62. The highest BCUT2D eigenvalue weighted by atomic mass is 32.2. The second-order valence-corrected chi connectivity index (χ2v) is 9.65. The predicted molar refractivity (Wildman–Crippen MR) is 114 cm³/mol. The Kier molecular flexibility index (Phi) is 4.82. The first-order chi connectivity index (χ1) is 14.9. The molecule has 0 spiro atoms. The van der Waals surface area contributed by atoms with Crippen molar-refractivity contribution in [3.63, 3.8) is 0 Å². The van der Waals surface area contributed by atoms with Gasteiger partial charge in [-0.3, -0.25) is 9.67 Å². The molecule has 5 rings (SSSR count). The number of sulfonamides is 1. The summed E-state index contributed by atoms with van der Waals surface area (Å²) in [5.41, 5.74) is 1.24. The molecule has 1 atom stereocenters. The Bertz CT molecular complexity index is 1360. The summed E-state index contributed by atoms with van der Waals surface area (Å²) in [5, 5.41) is 14.5. The second kappa shape index (κ2) is 7.54. The Balaban J connectivity index is 1.43. The zero-order chi connectivity index (χ0) is 21.6. The molecule has 0 saturated carbocycles. The molecule has 1 fully saturated rings. The first kappa shape index (κ1) is 19.8. The number of aryl methyl sites for hydroxylation is 1. The minimum atomic E-state index is -3.64. The minimum absolute atomic E-state index is 0.170. The van der Waals surface area contributed by atoms with Gasteiger partial charge in [0.05, 0.1) is 17.8 Å². The lowest BCUT2D eigenvalue weighted by Crippen LogP contribution is -2.39. The van der Waals surface area contributed by atoms with Gasteiger partial charge in [0.2, 0.25) is 15.9 Å². The zero-order valence-corrected chi connectivity index (χ0v) is 18.1. The van der Waals surface area contributed by atoms with E-state index in [1.807, 2.05) is 30.3 Å². The molecule has 1 aliphatic rings. The van der Waals surface area contributed by atoms with Crippen LogP contribution in [0.3, 0.4) is 0 Å². The Morgan fingerprint density at radius 3 is 2.81 bits per heavy atom. The molecule has 10 heteroatoms. The third kappa shape index (κ3) is 3.41. The minimum Gasteiger partial charge on any atom is -0.419 e. The van der Waals surface area contributed by atoms with Gasteiger partial charge in [-0.25, -0.2) is 8.42 Å². The first-order valence-corrected chi connectivity index (χ1v) is 11.6. The van der Waals surface area contributed by atoms with E-state index in [4.69, 9.17) is 4.42 Å². The summed E-state index contributed by atoms with van der Waals surface area (Å²) in [6, 6.07) is 9.80. The van der Waals surface area contributed by atoms with Crippen molar-refractivity contribution in [2.45, 2.75) is 30.6 Å². The number of hydrogen-bond acceptors (Lipinski definition) is 7. The Hall–Kier alpha value is -3.11. The topological polar surface area (TPSA) is 107 Å². The molecular formula is C21H22N6O3S. The van der Waals surface area contributed by atoms with Crippen molar-refractivity contribution in [1.29, 1.82) is 0 Å². The molecule has 0 unspecified atom stereocenters. The molecule has 0 N–H and O–H groups in total. The number of nitrogens with zero attached hydrogens (tertiary/aromatic N) is 6. The van der Waals surface area contributed by atoms with E-state index in [0.29, 0.717) is 42.7 Å². The maximum absolute atomic E-state index is 13.2. The van der Waals surface area contributed by atoms with Crippen molar-refractivity contribution in [2.75, 3.05) is 13.1 Å². The van der Waals surface area contributed by atoms with E-state index in [1.54, 1.807) is 24.9 Å². The maximum Gasteiger partial charge on any atom is 0.266 e. The summed E-state index contributed by atoms with van der Waals surface area (Å²) in [5.74, 6) is 0.610. The number of aromatic nitrogens is 5. The number of piperidine rings is 1. The lowest BCUT2D eigenvalue weighted by molar-refractivity contribution is 0.286. The van der Waals surface area contributed by atoms with Crippen LogP contribution in [0.4, 0.5) is 0 Å². The molecule has 0 radical (unpaired) electrons.